The van der Waals surface area contributed by atoms with Crippen LogP contribution in [0.3, 0.4) is 0 Å². The first-order chi connectivity index (χ1) is 8.84. The number of likely N-dealkylation sites (N-methyl/N-ethyl adjacent to an activating group) is 1. The summed E-state index contributed by atoms with van der Waals surface area (Å²) in [5.74, 6) is 0.0483. The van der Waals surface area contributed by atoms with Crippen LogP contribution in [-0.2, 0) is 16.6 Å². The molecule has 0 saturated heterocycles. The zero-order valence-corrected chi connectivity index (χ0v) is 12.8. The summed E-state index contributed by atoms with van der Waals surface area (Å²) in [5, 5.41) is 5.76. The van der Waals surface area contributed by atoms with Crippen molar-refractivity contribution in [1.29, 1.82) is 0 Å². The SMILES string of the molecule is CNCC(=O)NCCc1cc(C(C)(C)C)ccc1C. The van der Waals surface area contributed by atoms with Crippen molar-refractivity contribution in [2.45, 2.75) is 39.5 Å². The van der Waals surface area contributed by atoms with Gasteiger partial charge in [-0.05, 0) is 42.5 Å². The lowest BCUT2D eigenvalue weighted by Crippen LogP contribution is -2.33. The Kier molecular flexibility index (Phi) is 5.55. The molecular weight excluding hydrogens is 236 g/mol. The molecule has 0 aromatic heterocycles. The van der Waals surface area contributed by atoms with E-state index in [9.17, 15) is 4.79 Å². The van der Waals surface area contributed by atoms with Gasteiger partial charge in [-0.25, -0.2) is 0 Å². The van der Waals surface area contributed by atoms with E-state index < -0.39 is 0 Å². The van der Waals surface area contributed by atoms with Gasteiger partial charge >= 0.3 is 0 Å². The lowest BCUT2D eigenvalue weighted by atomic mass is 9.85. The van der Waals surface area contributed by atoms with Crippen molar-refractivity contribution in [3.05, 3.63) is 34.9 Å². The largest absolute Gasteiger partial charge is 0.355 e. The third-order valence-electron chi connectivity index (χ3n) is 3.27. The summed E-state index contributed by atoms with van der Waals surface area (Å²) in [6, 6.07) is 6.63. The molecule has 1 amide bonds. The van der Waals surface area contributed by atoms with E-state index in [1.807, 2.05) is 0 Å². The molecule has 0 aliphatic carbocycles. The van der Waals surface area contributed by atoms with Gasteiger partial charge in [0.2, 0.25) is 5.91 Å². The highest BCUT2D eigenvalue weighted by atomic mass is 16.1. The van der Waals surface area contributed by atoms with Crippen molar-refractivity contribution in [3.8, 4) is 0 Å². The van der Waals surface area contributed by atoms with Crippen LogP contribution in [0.2, 0.25) is 0 Å². The number of aryl methyl sites for hydroxylation is 1. The number of rotatable bonds is 5. The highest BCUT2D eigenvalue weighted by Crippen LogP contribution is 2.24. The van der Waals surface area contributed by atoms with E-state index >= 15 is 0 Å². The van der Waals surface area contributed by atoms with Crippen molar-refractivity contribution < 1.29 is 4.79 Å². The quantitative estimate of drug-likeness (QED) is 0.854. The molecule has 106 valence electrons. The smallest absolute Gasteiger partial charge is 0.233 e. The minimum Gasteiger partial charge on any atom is -0.355 e. The van der Waals surface area contributed by atoms with E-state index in [0.29, 0.717) is 13.1 Å². The van der Waals surface area contributed by atoms with Crippen LogP contribution in [-0.4, -0.2) is 26.0 Å². The third kappa shape index (κ3) is 5.03. The summed E-state index contributed by atoms with van der Waals surface area (Å²) < 4.78 is 0. The molecule has 0 fully saturated rings. The van der Waals surface area contributed by atoms with Crippen LogP contribution in [0.1, 0.15) is 37.5 Å². The standard InChI is InChI=1S/C16H26N2O/c1-12-6-7-14(16(2,3)4)10-13(12)8-9-18-15(19)11-17-5/h6-7,10,17H,8-9,11H2,1-5H3,(H,18,19). The average Bonchev–Trinajstić information content (AvgIpc) is 2.30. The Morgan fingerprint density at radius 1 is 1.26 bits per heavy atom. The molecule has 3 heteroatoms. The number of amides is 1. The number of nitrogens with one attached hydrogen (secondary N) is 2. The van der Waals surface area contributed by atoms with E-state index in [2.05, 4.69) is 56.5 Å². The van der Waals surface area contributed by atoms with Crippen LogP contribution < -0.4 is 10.6 Å². The molecule has 0 heterocycles. The van der Waals surface area contributed by atoms with Crippen LogP contribution in [0, 0.1) is 6.92 Å². The molecule has 0 unspecified atom stereocenters. The predicted octanol–water partition coefficient (Wildman–Crippen LogP) is 2.17. The van der Waals surface area contributed by atoms with Gasteiger partial charge in [-0.2, -0.15) is 0 Å². The van der Waals surface area contributed by atoms with Crippen molar-refractivity contribution in [3.63, 3.8) is 0 Å². The van der Waals surface area contributed by atoms with Gasteiger partial charge in [-0.15, -0.1) is 0 Å². The average molecular weight is 262 g/mol. The van der Waals surface area contributed by atoms with Crippen molar-refractivity contribution >= 4 is 5.91 Å². The molecule has 0 atom stereocenters. The van der Waals surface area contributed by atoms with E-state index in [1.165, 1.54) is 16.7 Å². The first kappa shape index (κ1) is 15.7. The van der Waals surface area contributed by atoms with Gasteiger partial charge in [0.05, 0.1) is 6.54 Å². The molecule has 0 radical (unpaired) electrons. The summed E-state index contributed by atoms with van der Waals surface area (Å²) in [7, 11) is 1.77. The monoisotopic (exact) mass is 262 g/mol. The molecule has 3 nitrogen and oxygen atoms in total. The van der Waals surface area contributed by atoms with Crippen molar-refractivity contribution in [2.75, 3.05) is 20.1 Å². The van der Waals surface area contributed by atoms with Crippen LogP contribution in [0.4, 0.5) is 0 Å². The van der Waals surface area contributed by atoms with E-state index in [0.717, 1.165) is 6.42 Å². The van der Waals surface area contributed by atoms with Gasteiger partial charge in [0, 0.05) is 6.54 Å². The minimum atomic E-state index is 0.0483. The van der Waals surface area contributed by atoms with Crippen molar-refractivity contribution in [1.82, 2.24) is 10.6 Å². The lowest BCUT2D eigenvalue weighted by Gasteiger charge is -2.21. The van der Waals surface area contributed by atoms with Crippen LogP contribution in [0.5, 0.6) is 0 Å². The van der Waals surface area contributed by atoms with E-state index in [1.54, 1.807) is 7.05 Å². The minimum absolute atomic E-state index is 0.0483. The first-order valence-corrected chi connectivity index (χ1v) is 6.86. The molecule has 19 heavy (non-hydrogen) atoms. The second-order valence-corrected chi connectivity index (χ2v) is 6.02. The maximum absolute atomic E-state index is 11.4. The van der Waals surface area contributed by atoms with E-state index in [4.69, 9.17) is 0 Å². The summed E-state index contributed by atoms with van der Waals surface area (Å²) >= 11 is 0. The molecule has 2 N–H and O–H groups in total. The highest BCUT2D eigenvalue weighted by molar-refractivity contribution is 5.77. The molecule has 0 aliphatic rings. The molecule has 1 rings (SSSR count). The van der Waals surface area contributed by atoms with Crippen molar-refractivity contribution in [2.24, 2.45) is 0 Å². The highest BCUT2D eigenvalue weighted by Gasteiger charge is 2.14. The van der Waals surface area contributed by atoms with Crippen LogP contribution >= 0.6 is 0 Å². The third-order valence-corrected chi connectivity index (χ3v) is 3.27. The fraction of sp³-hybridized carbons (Fsp3) is 0.562. The lowest BCUT2D eigenvalue weighted by molar-refractivity contribution is -0.120. The Morgan fingerprint density at radius 3 is 2.53 bits per heavy atom. The summed E-state index contributed by atoms with van der Waals surface area (Å²) in [6.07, 6.45) is 0.880. The zero-order chi connectivity index (χ0) is 14.5. The fourth-order valence-corrected chi connectivity index (χ4v) is 1.97. The van der Waals surface area contributed by atoms with E-state index in [-0.39, 0.29) is 11.3 Å². The maximum Gasteiger partial charge on any atom is 0.233 e. The number of carbonyl (C=O) groups is 1. The van der Waals surface area contributed by atoms with Gasteiger partial charge in [0.1, 0.15) is 0 Å². The fourth-order valence-electron chi connectivity index (χ4n) is 1.97. The Bertz CT molecular complexity index is 433. The molecule has 0 aliphatic heterocycles. The topological polar surface area (TPSA) is 41.1 Å². The van der Waals surface area contributed by atoms with Crippen LogP contribution in [0.15, 0.2) is 18.2 Å². The molecule has 0 bridgehead atoms. The number of hydrogen-bond acceptors (Lipinski definition) is 2. The normalized spacial score (nSPS) is 11.4. The molecular formula is C16H26N2O. The second kappa shape index (κ2) is 6.71. The summed E-state index contributed by atoms with van der Waals surface area (Å²) in [5.41, 5.74) is 4.11. The Balaban J connectivity index is 2.65. The first-order valence-electron chi connectivity index (χ1n) is 6.86. The Hall–Kier alpha value is -1.35. The molecule has 1 aromatic carbocycles. The molecule has 0 saturated carbocycles. The zero-order valence-electron chi connectivity index (χ0n) is 12.8. The number of hydrogen-bond donors (Lipinski definition) is 2. The number of carbonyl (C=O) groups excluding carboxylic acids is 1. The van der Waals surface area contributed by atoms with Gasteiger partial charge in [-0.3, -0.25) is 4.79 Å². The maximum atomic E-state index is 11.4. The van der Waals surface area contributed by atoms with Gasteiger partial charge < -0.3 is 10.6 Å². The summed E-state index contributed by atoms with van der Waals surface area (Å²) in [6.45, 7) is 9.84. The Labute approximate surface area is 116 Å². The molecule has 0 spiro atoms. The van der Waals surface area contributed by atoms with Crippen LogP contribution in [0.25, 0.3) is 0 Å². The number of benzene rings is 1. The second-order valence-electron chi connectivity index (χ2n) is 6.02. The predicted molar refractivity (Wildman–Crippen MR) is 80.5 cm³/mol. The Morgan fingerprint density at radius 2 is 1.95 bits per heavy atom. The van der Waals surface area contributed by atoms with Gasteiger partial charge in [0.15, 0.2) is 0 Å². The van der Waals surface area contributed by atoms with Gasteiger partial charge in [-0.1, -0.05) is 39.0 Å². The van der Waals surface area contributed by atoms with Gasteiger partial charge in [0.25, 0.3) is 0 Å². The molecule has 1 aromatic rings. The summed E-state index contributed by atoms with van der Waals surface area (Å²) in [4.78, 5) is 11.4.